The maximum atomic E-state index is 14.0. The van der Waals surface area contributed by atoms with Crippen LogP contribution in [0.4, 0.5) is 8.78 Å². The predicted molar refractivity (Wildman–Crippen MR) is 79.4 cm³/mol. The number of aliphatic hydroxyl groups excluding tert-OH is 1. The third kappa shape index (κ3) is 2.96. The summed E-state index contributed by atoms with van der Waals surface area (Å²) in [6, 6.07) is 2.30. The van der Waals surface area contributed by atoms with Gasteiger partial charge in [0.25, 0.3) is 0 Å². The van der Waals surface area contributed by atoms with Crippen molar-refractivity contribution in [3.63, 3.8) is 0 Å². The molecule has 2 saturated heterocycles. The van der Waals surface area contributed by atoms with Crippen molar-refractivity contribution in [3.8, 4) is 0 Å². The van der Waals surface area contributed by atoms with E-state index in [1.54, 1.807) is 6.92 Å². The molecule has 21 heavy (non-hydrogen) atoms. The summed E-state index contributed by atoms with van der Waals surface area (Å²) in [5.41, 5.74) is 0.422. The fraction of sp³-hybridized carbons (Fsp3) is 0.625. The highest BCUT2D eigenvalue weighted by Crippen LogP contribution is 2.44. The van der Waals surface area contributed by atoms with E-state index in [1.165, 1.54) is 6.07 Å². The molecule has 1 aromatic carbocycles. The Morgan fingerprint density at radius 1 is 1.38 bits per heavy atom. The van der Waals surface area contributed by atoms with Crippen LogP contribution in [0.15, 0.2) is 12.1 Å². The molecular weight excluding hydrogens is 294 g/mol. The molecular formula is C16H20F2O2S. The number of aliphatic hydroxyl groups is 1. The molecule has 0 amide bonds. The first-order valence-corrected chi connectivity index (χ1v) is 8.51. The average molecular weight is 314 g/mol. The lowest BCUT2D eigenvalue weighted by atomic mass is 9.80. The van der Waals surface area contributed by atoms with E-state index in [9.17, 15) is 13.9 Å². The van der Waals surface area contributed by atoms with Gasteiger partial charge in [0.05, 0.1) is 11.7 Å². The third-order valence-corrected chi connectivity index (χ3v) is 5.86. The maximum Gasteiger partial charge on any atom is 0.131 e. The third-order valence-electron chi connectivity index (χ3n) is 4.64. The van der Waals surface area contributed by atoms with Gasteiger partial charge in [-0.3, -0.25) is 0 Å². The molecule has 2 aliphatic rings. The summed E-state index contributed by atoms with van der Waals surface area (Å²) in [7, 11) is 0. The summed E-state index contributed by atoms with van der Waals surface area (Å²) in [6.45, 7) is 2.19. The van der Waals surface area contributed by atoms with Gasteiger partial charge in [-0.25, -0.2) is 8.78 Å². The SMILES string of the molecule is Cc1cc(C(O)C2CCOC3(CCSC3)C2)c(F)cc1F. The molecule has 1 aromatic rings. The van der Waals surface area contributed by atoms with E-state index in [0.29, 0.717) is 18.6 Å². The van der Waals surface area contributed by atoms with E-state index in [4.69, 9.17) is 4.74 Å². The Labute approximate surface area is 127 Å². The van der Waals surface area contributed by atoms with Crippen LogP contribution >= 0.6 is 11.8 Å². The first kappa shape index (κ1) is 15.3. The van der Waals surface area contributed by atoms with Crippen molar-refractivity contribution in [2.24, 2.45) is 5.92 Å². The molecule has 0 radical (unpaired) electrons. The number of aryl methyl sites for hydroxylation is 1. The highest BCUT2D eigenvalue weighted by atomic mass is 32.2. The van der Waals surface area contributed by atoms with Crippen molar-refractivity contribution in [1.29, 1.82) is 0 Å². The molecule has 0 aliphatic carbocycles. The molecule has 0 saturated carbocycles. The van der Waals surface area contributed by atoms with Crippen LogP contribution in [0.1, 0.15) is 36.5 Å². The van der Waals surface area contributed by atoms with Crippen LogP contribution < -0.4 is 0 Å². The Kier molecular flexibility index (Phi) is 4.26. The minimum absolute atomic E-state index is 0.0307. The van der Waals surface area contributed by atoms with Crippen LogP contribution in [0.5, 0.6) is 0 Å². The minimum atomic E-state index is -0.893. The molecule has 5 heteroatoms. The van der Waals surface area contributed by atoms with Crippen molar-refractivity contribution in [2.75, 3.05) is 18.1 Å². The van der Waals surface area contributed by atoms with Gasteiger partial charge >= 0.3 is 0 Å². The zero-order valence-electron chi connectivity index (χ0n) is 12.1. The summed E-state index contributed by atoms with van der Waals surface area (Å²) in [5, 5.41) is 10.6. The molecule has 3 unspecified atom stereocenters. The quantitative estimate of drug-likeness (QED) is 0.904. The van der Waals surface area contributed by atoms with Crippen LogP contribution in [0.3, 0.4) is 0 Å². The van der Waals surface area contributed by atoms with Crippen LogP contribution in [-0.4, -0.2) is 28.8 Å². The first-order valence-electron chi connectivity index (χ1n) is 7.36. The Bertz CT molecular complexity index is 529. The average Bonchev–Trinajstić information content (AvgIpc) is 2.90. The summed E-state index contributed by atoms with van der Waals surface area (Å²) in [4.78, 5) is 0. The van der Waals surface area contributed by atoms with E-state index in [-0.39, 0.29) is 17.1 Å². The molecule has 1 spiro atoms. The summed E-state index contributed by atoms with van der Waals surface area (Å²) in [6.07, 6.45) is 1.56. The highest BCUT2D eigenvalue weighted by Gasteiger charge is 2.42. The summed E-state index contributed by atoms with van der Waals surface area (Å²) >= 11 is 1.87. The first-order chi connectivity index (χ1) is 10.0. The van der Waals surface area contributed by atoms with Crippen molar-refractivity contribution in [1.82, 2.24) is 0 Å². The summed E-state index contributed by atoms with van der Waals surface area (Å²) in [5.74, 6) is 0.761. The van der Waals surface area contributed by atoms with Gasteiger partial charge in [-0.15, -0.1) is 0 Å². The molecule has 1 N–H and O–H groups in total. The molecule has 0 aromatic heterocycles. The minimum Gasteiger partial charge on any atom is -0.388 e. The van der Waals surface area contributed by atoms with Crippen LogP contribution in [0, 0.1) is 24.5 Å². The molecule has 3 rings (SSSR count). The fourth-order valence-electron chi connectivity index (χ4n) is 3.36. The zero-order valence-corrected chi connectivity index (χ0v) is 12.9. The second-order valence-electron chi connectivity index (χ2n) is 6.15. The van der Waals surface area contributed by atoms with Crippen LogP contribution in [-0.2, 0) is 4.74 Å². The van der Waals surface area contributed by atoms with Gasteiger partial charge in [-0.1, -0.05) is 0 Å². The molecule has 3 atom stereocenters. The Morgan fingerprint density at radius 3 is 2.90 bits per heavy atom. The van der Waals surface area contributed by atoms with Crippen LogP contribution in [0.25, 0.3) is 0 Å². The van der Waals surface area contributed by atoms with Gasteiger partial charge < -0.3 is 9.84 Å². The largest absolute Gasteiger partial charge is 0.388 e. The van der Waals surface area contributed by atoms with E-state index in [0.717, 1.165) is 30.4 Å². The van der Waals surface area contributed by atoms with Crippen molar-refractivity contribution in [3.05, 3.63) is 34.9 Å². The Hall–Kier alpha value is -0.650. The molecule has 2 aliphatic heterocycles. The molecule has 2 fully saturated rings. The monoisotopic (exact) mass is 314 g/mol. The Balaban J connectivity index is 1.81. The van der Waals surface area contributed by atoms with Crippen molar-refractivity contribution >= 4 is 11.8 Å². The molecule has 2 heterocycles. The number of rotatable bonds is 2. The topological polar surface area (TPSA) is 29.5 Å². The molecule has 2 nitrogen and oxygen atoms in total. The number of hydrogen-bond donors (Lipinski definition) is 1. The standard InChI is InChI=1S/C16H20F2O2S/c1-10-6-12(14(18)7-13(10)17)15(19)11-2-4-20-16(8-11)3-5-21-9-16/h6-7,11,15,19H,2-5,8-9H2,1H3. The summed E-state index contributed by atoms with van der Waals surface area (Å²) < 4.78 is 33.3. The normalized spacial score (nSPS) is 30.8. The fourth-order valence-corrected chi connectivity index (χ4v) is 4.74. The van der Waals surface area contributed by atoms with Gasteiger partial charge in [0.2, 0.25) is 0 Å². The zero-order chi connectivity index (χ0) is 15.0. The second-order valence-corrected chi connectivity index (χ2v) is 7.26. The number of benzene rings is 1. The molecule has 0 bridgehead atoms. The smallest absolute Gasteiger partial charge is 0.131 e. The number of hydrogen-bond acceptors (Lipinski definition) is 3. The lowest BCUT2D eigenvalue weighted by molar-refractivity contribution is -0.102. The number of halogens is 2. The van der Waals surface area contributed by atoms with Crippen molar-refractivity contribution in [2.45, 2.75) is 37.9 Å². The van der Waals surface area contributed by atoms with Crippen molar-refractivity contribution < 1.29 is 18.6 Å². The van der Waals surface area contributed by atoms with Crippen LogP contribution in [0.2, 0.25) is 0 Å². The van der Waals surface area contributed by atoms with Gasteiger partial charge in [0.15, 0.2) is 0 Å². The Morgan fingerprint density at radius 2 is 2.19 bits per heavy atom. The number of ether oxygens (including phenoxy) is 1. The van der Waals surface area contributed by atoms with E-state index < -0.39 is 17.7 Å². The maximum absolute atomic E-state index is 14.0. The second kappa shape index (κ2) is 5.86. The van der Waals surface area contributed by atoms with Gasteiger partial charge in [-0.2, -0.15) is 11.8 Å². The van der Waals surface area contributed by atoms with Gasteiger partial charge in [0.1, 0.15) is 11.6 Å². The number of thioether (sulfide) groups is 1. The molecule has 116 valence electrons. The lowest BCUT2D eigenvalue weighted by Crippen LogP contribution is -2.41. The van der Waals surface area contributed by atoms with E-state index >= 15 is 0 Å². The lowest BCUT2D eigenvalue weighted by Gasteiger charge is -2.39. The van der Waals surface area contributed by atoms with Gasteiger partial charge in [0, 0.05) is 24.0 Å². The van der Waals surface area contributed by atoms with Gasteiger partial charge in [-0.05, 0) is 49.5 Å². The predicted octanol–water partition coefficient (Wildman–Crippen LogP) is 3.61. The van der Waals surface area contributed by atoms with E-state index in [2.05, 4.69) is 0 Å². The van der Waals surface area contributed by atoms with E-state index in [1.807, 2.05) is 11.8 Å². The highest BCUT2D eigenvalue weighted by molar-refractivity contribution is 7.99.